The molecular weight excluding hydrogens is 280 g/mol. The summed E-state index contributed by atoms with van der Waals surface area (Å²) in [6.07, 6.45) is 6.64. The smallest absolute Gasteiger partial charge is 0.235 e. The molecule has 3 nitrogen and oxygen atoms in total. The van der Waals surface area contributed by atoms with Crippen LogP contribution in [0.15, 0.2) is 53.7 Å². The fourth-order valence-corrected chi connectivity index (χ4v) is 3.12. The van der Waals surface area contributed by atoms with Crippen LogP contribution in [0.3, 0.4) is 0 Å². The molecule has 1 saturated carbocycles. The van der Waals surface area contributed by atoms with Crippen LogP contribution in [0.4, 0.5) is 5.69 Å². The summed E-state index contributed by atoms with van der Waals surface area (Å²) in [5.74, 6) is 0.0821. The summed E-state index contributed by atoms with van der Waals surface area (Å²) in [7, 11) is 0. The van der Waals surface area contributed by atoms with Crippen molar-refractivity contribution in [1.29, 1.82) is 0 Å². The number of nitrogens with zero attached hydrogens (tertiary/aromatic N) is 1. The van der Waals surface area contributed by atoms with Crippen molar-refractivity contribution in [3.63, 3.8) is 0 Å². The Morgan fingerprint density at radius 2 is 1.95 bits per heavy atom. The minimum absolute atomic E-state index is 0.0821. The van der Waals surface area contributed by atoms with Crippen molar-refractivity contribution in [2.45, 2.75) is 29.7 Å². The van der Waals surface area contributed by atoms with Gasteiger partial charge in [0.15, 0.2) is 0 Å². The van der Waals surface area contributed by atoms with Gasteiger partial charge in [-0.05, 0) is 36.8 Å². The molecule has 1 aromatic heterocycles. The lowest BCUT2D eigenvalue weighted by Crippen LogP contribution is -2.45. The van der Waals surface area contributed by atoms with Crippen LogP contribution >= 0.6 is 11.8 Å². The van der Waals surface area contributed by atoms with E-state index in [1.165, 1.54) is 0 Å². The van der Waals surface area contributed by atoms with E-state index in [9.17, 15) is 4.79 Å². The summed E-state index contributed by atoms with van der Waals surface area (Å²) in [5.41, 5.74) is 1.52. The molecule has 0 unspecified atom stereocenters. The highest BCUT2D eigenvalue weighted by Crippen LogP contribution is 2.44. The van der Waals surface area contributed by atoms with E-state index in [2.05, 4.69) is 10.3 Å². The molecule has 0 spiro atoms. The van der Waals surface area contributed by atoms with Crippen LogP contribution in [0.5, 0.6) is 0 Å². The first kappa shape index (κ1) is 14.1. The van der Waals surface area contributed by atoms with Gasteiger partial charge in [-0.3, -0.25) is 4.79 Å². The number of anilines is 1. The quantitative estimate of drug-likeness (QED) is 0.871. The Morgan fingerprint density at radius 3 is 2.48 bits per heavy atom. The summed E-state index contributed by atoms with van der Waals surface area (Å²) in [5, 5.41) is 3.98. The normalized spacial score (nSPS) is 16.0. The van der Waals surface area contributed by atoms with Gasteiger partial charge in [-0.1, -0.05) is 36.8 Å². The molecule has 21 heavy (non-hydrogen) atoms. The predicted octanol–water partition coefficient (Wildman–Crippen LogP) is 3.86. The number of hydrogen-bond acceptors (Lipinski definition) is 3. The Balaban J connectivity index is 1.80. The second kappa shape index (κ2) is 5.90. The molecule has 0 radical (unpaired) electrons. The third-order valence-electron chi connectivity index (χ3n) is 4.17. The van der Waals surface area contributed by atoms with Gasteiger partial charge in [0.05, 0.1) is 22.3 Å². The summed E-state index contributed by atoms with van der Waals surface area (Å²) in [6, 6.07) is 13.9. The van der Waals surface area contributed by atoms with Crippen LogP contribution in [0, 0.1) is 0 Å². The van der Waals surface area contributed by atoms with E-state index in [0.717, 1.165) is 35.5 Å². The van der Waals surface area contributed by atoms with Crippen LogP contribution in [0.2, 0.25) is 0 Å². The number of benzene rings is 1. The van der Waals surface area contributed by atoms with Gasteiger partial charge in [0.1, 0.15) is 0 Å². The molecule has 2 aromatic rings. The van der Waals surface area contributed by atoms with Gasteiger partial charge in [-0.25, -0.2) is 4.98 Å². The third kappa shape index (κ3) is 2.68. The molecule has 1 aromatic carbocycles. The molecule has 108 valence electrons. The molecule has 1 fully saturated rings. The van der Waals surface area contributed by atoms with Crippen LogP contribution in [0.25, 0.3) is 0 Å². The minimum Gasteiger partial charge on any atom is -0.324 e. The van der Waals surface area contributed by atoms with Crippen molar-refractivity contribution in [3.05, 3.63) is 54.2 Å². The number of thioether (sulfide) groups is 1. The number of carbonyl (C=O) groups excluding carboxylic acids is 1. The van der Waals surface area contributed by atoms with E-state index in [1.807, 2.05) is 48.7 Å². The number of rotatable bonds is 4. The summed E-state index contributed by atoms with van der Waals surface area (Å²) in [4.78, 5) is 17.0. The SMILES string of the molecule is CSc1ccc(NC(=O)C2(c3ccccc3)CCC2)cn1. The van der Waals surface area contributed by atoms with E-state index in [1.54, 1.807) is 18.0 Å². The molecule has 1 aliphatic rings. The van der Waals surface area contributed by atoms with Gasteiger partial charge < -0.3 is 5.32 Å². The van der Waals surface area contributed by atoms with Crippen molar-refractivity contribution in [3.8, 4) is 0 Å². The third-order valence-corrected chi connectivity index (χ3v) is 4.83. The lowest BCUT2D eigenvalue weighted by Gasteiger charge is -2.40. The Morgan fingerprint density at radius 1 is 1.19 bits per heavy atom. The molecule has 0 saturated heterocycles. The second-order valence-corrected chi connectivity index (χ2v) is 6.17. The van der Waals surface area contributed by atoms with Gasteiger partial charge in [0, 0.05) is 0 Å². The van der Waals surface area contributed by atoms with Crippen LogP contribution < -0.4 is 5.32 Å². The Hall–Kier alpha value is -1.81. The molecule has 0 aliphatic heterocycles. The van der Waals surface area contributed by atoms with Gasteiger partial charge in [-0.2, -0.15) is 0 Å². The average Bonchev–Trinajstić information content (AvgIpc) is 2.48. The molecule has 1 aliphatic carbocycles. The standard InChI is InChI=1S/C17H18N2OS/c1-21-15-9-8-14(12-18-15)19-16(20)17(10-5-11-17)13-6-3-2-4-7-13/h2-4,6-9,12H,5,10-11H2,1H3,(H,19,20). The van der Waals surface area contributed by atoms with Crippen molar-refractivity contribution < 1.29 is 4.79 Å². The largest absolute Gasteiger partial charge is 0.324 e. The van der Waals surface area contributed by atoms with Crippen molar-refractivity contribution in [2.24, 2.45) is 0 Å². The van der Waals surface area contributed by atoms with Gasteiger partial charge in [0.2, 0.25) is 5.91 Å². The first-order valence-corrected chi connectivity index (χ1v) is 8.34. The minimum atomic E-state index is -0.362. The maximum absolute atomic E-state index is 12.7. The maximum atomic E-state index is 12.7. The zero-order valence-electron chi connectivity index (χ0n) is 12.0. The molecule has 1 N–H and O–H groups in total. The Bertz CT molecular complexity index is 621. The number of aromatic nitrogens is 1. The van der Waals surface area contributed by atoms with Crippen LogP contribution in [-0.2, 0) is 10.2 Å². The lowest BCUT2D eigenvalue weighted by molar-refractivity contribution is -0.124. The van der Waals surface area contributed by atoms with Crippen LogP contribution in [-0.4, -0.2) is 17.1 Å². The molecule has 1 heterocycles. The maximum Gasteiger partial charge on any atom is 0.235 e. The Kier molecular flexibility index (Phi) is 3.97. The highest BCUT2D eigenvalue weighted by molar-refractivity contribution is 7.98. The molecule has 4 heteroatoms. The highest BCUT2D eigenvalue weighted by atomic mass is 32.2. The van der Waals surface area contributed by atoms with Crippen molar-refractivity contribution in [2.75, 3.05) is 11.6 Å². The van der Waals surface area contributed by atoms with E-state index in [0.29, 0.717) is 0 Å². The number of amides is 1. The van der Waals surface area contributed by atoms with E-state index in [4.69, 9.17) is 0 Å². The highest BCUT2D eigenvalue weighted by Gasteiger charge is 2.45. The van der Waals surface area contributed by atoms with Crippen molar-refractivity contribution in [1.82, 2.24) is 4.98 Å². The molecular formula is C17H18N2OS. The van der Waals surface area contributed by atoms with Gasteiger partial charge in [0.25, 0.3) is 0 Å². The first-order chi connectivity index (χ1) is 10.2. The molecule has 0 bridgehead atoms. The number of pyridine rings is 1. The second-order valence-electron chi connectivity index (χ2n) is 5.35. The van der Waals surface area contributed by atoms with E-state index in [-0.39, 0.29) is 11.3 Å². The first-order valence-electron chi connectivity index (χ1n) is 7.12. The molecule has 0 atom stereocenters. The van der Waals surface area contributed by atoms with Crippen LogP contribution in [0.1, 0.15) is 24.8 Å². The number of carbonyl (C=O) groups is 1. The average molecular weight is 298 g/mol. The zero-order valence-corrected chi connectivity index (χ0v) is 12.8. The predicted molar refractivity (Wildman–Crippen MR) is 86.6 cm³/mol. The zero-order chi connectivity index (χ0) is 14.7. The van der Waals surface area contributed by atoms with E-state index >= 15 is 0 Å². The van der Waals surface area contributed by atoms with Crippen molar-refractivity contribution >= 4 is 23.4 Å². The number of hydrogen-bond donors (Lipinski definition) is 1. The monoisotopic (exact) mass is 298 g/mol. The fraction of sp³-hybridized carbons (Fsp3) is 0.294. The molecule has 3 rings (SSSR count). The topological polar surface area (TPSA) is 42.0 Å². The molecule has 1 amide bonds. The summed E-state index contributed by atoms with van der Waals surface area (Å²) < 4.78 is 0. The van der Waals surface area contributed by atoms with Gasteiger partial charge >= 0.3 is 0 Å². The number of nitrogens with one attached hydrogen (secondary N) is 1. The lowest BCUT2D eigenvalue weighted by atomic mass is 9.64. The summed E-state index contributed by atoms with van der Waals surface area (Å²) in [6.45, 7) is 0. The van der Waals surface area contributed by atoms with E-state index < -0.39 is 0 Å². The summed E-state index contributed by atoms with van der Waals surface area (Å²) >= 11 is 1.59. The van der Waals surface area contributed by atoms with Gasteiger partial charge in [-0.15, -0.1) is 11.8 Å². The Labute approximate surface area is 129 Å². The fourth-order valence-electron chi connectivity index (χ4n) is 2.76.